The molecular weight excluding hydrogens is 368 g/mol. The summed E-state index contributed by atoms with van der Waals surface area (Å²) >= 11 is 0. The van der Waals surface area contributed by atoms with Crippen molar-refractivity contribution in [3.8, 4) is 0 Å². The topological polar surface area (TPSA) is 94.6 Å². The van der Waals surface area contributed by atoms with Crippen molar-refractivity contribution in [2.24, 2.45) is 11.8 Å². The SMILES string of the molecule is COCO[C@H]1C[C@H]2C(C=O)=CN(C)C[C@H]2[C@]12COC(=O)N2C(=O)OC(C)(C)C. The number of amides is 2. The molecule has 0 aromatic rings. The molecule has 156 valence electrons. The molecule has 2 amide bonds. The predicted molar refractivity (Wildman–Crippen MR) is 97.3 cm³/mol. The molecule has 4 atom stereocenters. The van der Waals surface area contributed by atoms with Gasteiger partial charge in [-0.3, -0.25) is 4.79 Å². The second-order valence-corrected chi connectivity index (χ2v) is 8.56. The van der Waals surface area contributed by atoms with Gasteiger partial charge in [0.25, 0.3) is 0 Å². The van der Waals surface area contributed by atoms with Gasteiger partial charge in [0.2, 0.25) is 0 Å². The van der Waals surface area contributed by atoms with Gasteiger partial charge in [-0.1, -0.05) is 0 Å². The van der Waals surface area contributed by atoms with E-state index >= 15 is 0 Å². The summed E-state index contributed by atoms with van der Waals surface area (Å²) in [6.45, 7) is 5.73. The van der Waals surface area contributed by atoms with Crippen LogP contribution in [-0.4, -0.2) is 79.6 Å². The Hall–Kier alpha value is -2.13. The zero-order valence-electron chi connectivity index (χ0n) is 17.0. The van der Waals surface area contributed by atoms with Crippen LogP contribution in [0, 0.1) is 11.8 Å². The highest BCUT2D eigenvalue weighted by molar-refractivity contribution is 5.91. The number of hydrogen-bond donors (Lipinski definition) is 0. The quantitative estimate of drug-likeness (QED) is 0.524. The van der Waals surface area contributed by atoms with Crippen molar-refractivity contribution in [2.45, 2.75) is 44.4 Å². The standard InChI is InChI=1S/C19H28N2O7/c1-18(2,3)28-17(24)21-16(23)26-10-19(21)14-8-20(4)7-12(9-22)13(14)6-15(19)27-11-25-5/h7,9,13-15H,6,8,10-11H2,1-5H3/t13-,14+,15-,19+/m0/s1. The molecule has 1 aliphatic carbocycles. The Morgan fingerprint density at radius 3 is 2.75 bits per heavy atom. The lowest BCUT2D eigenvalue weighted by Crippen LogP contribution is -2.62. The molecule has 1 saturated carbocycles. The molecule has 2 heterocycles. The van der Waals surface area contributed by atoms with E-state index in [0.29, 0.717) is 18.5 Å². The zero-order valence-corrected chi connectivity index (χ0v) is 17.0. The van der Waals surface area contributed by atoms with Crippen molar-refractivity contribution < 1.29 is 33.3 Å². The number of cyclic esters (lactones) is 1. The van der Waals surface area contributed by atoms with Crippen molar-refractivity contribution in [3.63, 3.8) is 0 Å². The number of rotatable bonds is 4. The highest BCUT2D eigenvalue weighted by Gasteiger charge is 2.68. The van der Waals surface area contributed by atoms with Gasteiger partial charge in [-0.2, -0.15) is 4.90 Å². The Morgan fingerprint density at radius 2 is 2.14 bits per heavy atom. The molecule has 2 fully saturated rings. The van der Waals surface area contributed by atoms with E-state index in [4.69, 9.17) is 18.9 Å². The van der Waals surface area contributed by atoms with E-state index in [1.54, 1.807) is 27.0 Å². The van der Waals surface area contributed by atoms with Crippen molar-refractivity contribution in [1.82, 2.24) is 9.80 Å². The number of carbonyl (C=O) groups is 3. The van der Waals surface area contributed by atoms with Crippen LogP contribution in [-0.2, 0) is 23.7 Å². The minimum atomic E-state index is -1.07. The molecule has 0 radical (unpaired) electrons. The van der Waals surface area contributed by atoms with Crippen molar-refractivity contribution in [3.05, 3.63) is 11.8 Å². The Kier molecular flexibility index (Phi) is 5.42. The average Bonchev–Trinajstić information content (AvgIpc) is 3.10. The number of imide groups is 1. The molecule has 2 aliphatic heterocycles. The van der Waals surface area contributed by atoms with Crippen LogP contribution in [0.2, 0.25) is 0 Å². The average molecular weight is 396 g/mol. The molecule has 0 N–H and O–H groups in total. The molecule has 0 unspecified atom stereocenters. The van der Waals surface area contributed by atoms with Gasteiger partial charge in [-0.15, -0.1) is 0 Å². The summed E-state index contributed by atoms with van der Waals surface area (Å²) in [6, 6.07) is 0. The van der Waals surface area contributed by atoms with Crippen LogP contribution in [0.4, 0.5) is 9.59 Å². The molecule has 0 bridgehead atoms. The van der Waals surface area contributed by atoms with Crippen molar-refractivity contribution >= 4 is 18.5 Å². The van der Waals surface area contributed by atoms with Gasteiger partial charge in [0.15, 0.2) is 0 Å². The lowest BCUT2D eigenvalue weighted by Gasteiger charge is -2.43. The maximum absolute atomic E-state index is 13.0. The van der Waals surface area contributed by atoms with E-state index in [1.165, 1.54) is 7.11 Å². The van der Waals surface area contributed by atoms with E-state index in [0.717, 1.165) is 11.2 Å². The normalized spacial score (nSPS) is 32.2. The summed E-state index contributed by atoms with van der Waals surface area (Å²) in [4.78, 5) is 40.2. The Balaban J connectivity index is 2.04. The van der Waals surface area contributed by atoms with Gasteiger partial charge in [0.05, 0.1) is 6.10 Å². The maximum Gasteiger partial charge on any atom is 0.420 e. The lowest BCUT2D eigenvalue weighted by atomic mass is 9.77. The first-order valence-corrected chi connectivity index (χ1v) is 9.31. The number of carbonyl (C=O) groups excluding carboxylic acids is 3. The fourth-order valence-corrected chi connectivity index (χ4v) is 4.57. The van der Waals surface area contributed by atoms with Crippen LogP contribution in [0.5, 0.6) is 0 Å². The van der Waals surface area contributed by atoms with E-state index in [2.05, 4.69) is 0 Å². The number of methoxy groups -OCH3 is 1. The Morgan fingerprint density at radius 1 is 1.43 bits per heavy atom. The van der Waals surface area contributed by atoms with E-state index in [9.17, 15) is 14.4 Å². The van der Waals surface area contributed by atoms with Gasteiger partial charge in [0, 0.05) is 38.4 Å². The Labute approximate surface area is 164 Å². The third kappa shape index (κ3) is 3.37. The molecule has 1 saturated heterocycles. The zero-order chi connectivity index (χ0) is 20.7. The number of fused-ring (bicyclic) bond motifs is 2. The second-order valence-electron chi connectivity index (χ2n) is 8.56. The molecule has 28 heavy (non-hydrogen) atoms. The summed E-state index contributed by atoms with van der Waals surface area (Å²) in [6.07, 6.45) is 1.03. The number of allylic oxidation sites excluding steroid dienone is 1. The highest BCUT2D eigenvalue weighted by atomic mass is 16.7. The first kappa shape index (κ1) is 20.6. The van der Waals surface area contributed by atoms with Crippen LogP contribution < -0.4 is 0 Å². The van der Waals surface area contributed by atoms with Gasteiger partial charge < -0.3 is 23.8 Å². The summed E-state index contributed by atoms with van der Waals surface area (Å²) in [7, 11) is 3.35. The van der Waals surface area contributed by atoms with Crippen LogP contribution in [0.15, 0.2) is 11.8 Å². The molecule has 3 rings (SSSR count). The summed E-state index contributed by atoms with van der Waals surface area (Å²) < 4.78 is 21.8. The van der Waals surface area contributed by atoms with Gasteiger partial charge in [-0.05, 0) is 33.1 Å². The molecule has 9 heteroatoms. The third-order valence-corrected chi connectivity index (χ3v) is 5.56. The Bertz CT molecular complexity index is 686. The van der Waals surface area contributed by atoms with E-state index < -0.39 is 29.4 Å². The summed E-state index contributed by atoms with van der Waals surface area (Å²) in [5, 5.41) is 0. The number of ether oxygens (including phenoxy) is 4. The molecular formula is C19H28N2O7. The molecule has 9 nitrogen and oxygen atoms in total. The van der Waals surface area contributed by atoms with Gasteiger partial charge in [-0.25, -0.2) is 9.59 Å². The number of aldehydes is 1. The molecule has 0 aromatic carbocycles. The van der Waals surface area contributed by atoms with Crippen molar-refractivity contribution in [1.29, 1.82) is 0 Å². The lowest BCUT2D eigenvalue weighted by molar-refractivity contribution is -0.115. The third-order valence-electron chi connectivity index (χ3n) is 5.56. The second kappa shape index (κ2) is 7.36. The fraction of sp³-hybridized carbons (Fsp3) is 0.737. The highest BCUT2D eigenvalue weighted by Crippen LogP contribution is 2.52. The summed E-state index contributed by atoms with van der Waals surface area (Å²) in [5.41, 5.74) is -1.23. The first-order chi connectivity index (χ1) is 13.1. The fourth-order valence-electron chi connectivity index (χ4n) is 4.57. The van der Waals surface area contributed by atoms with Gasteiger partial charge >= 0.3 is 12.2 Å². The number of nitrogens with zero attached hydrogens (tertiary/aromatic N) is 2. The molecule has 3 aliphatic rings. The van der Waals surface area contributed by atoms with Crippen LogP contribution in [0.1, 0.15) is 27.2 Å². The minimum Gasteiger partial charge on any atom is -0.446 e. The largest absolute Gasteiger partial charge is 0.446 e. The number of hydrogen-bond acceptors (Lipinski definition) is 8. The van der Waals surface area contributed by atoms with E-state index in [1.807, 2.05) is 11.9 Å². The first-order valence-electron chi connectivity index (χ1n) is 9.31. The minimum absolute atomic E-state index is 0.00180. The van der Waals surface area contributed by atoms with E-state index in [-0.39, 0.29) is 25.2 Å². The molecule has 1 spiro atoms. The summed E-state index contributed by atoms with van der Waals surface area (Å²) in [5.74, 6) is -0.390. The molecule has 0 aromatic heterocycles. The monoisotopic (exact) mass is 396 g/mol. The van der Waals surface area contributed by atoms with Gasteiger partial charge in [0.1, 0.15) is 30.8 Å². The van der Waals surface area contributed by atoms with Crippen LogP contribution in [0.25, 0.3) is 0 Å². The van der Waals surface area contributed by atoms with Crippen molar-refractivity contribution in [2.75, 3.05) is 34.1 Å². The van der Waals surface area contributed by atoms with Crippen LogP contribution in [0.3, 0.4) is 0 Å². The maximum atomic E-state index is 13.0. The smallest absolute Gasteiger partial charge is 0.420 e. The van der Waals surface area contributed by atoms with Crippen LogP contribution >= 0.6 is 0 Å². The predicted octanol–water partition coefficient (Wildman–Crippen LogP) is 1.77.